The number of benzene rings is 1. The number of anilines is 1. The van der Waals surface area contributed by atoms with Gasteiger partial charge < -0.3 is 14.8 Å². The third kappa shape index (κ3) is 4.97. The summed E-state index contributed by atoms with van der Waals surface area (Å²) in [5.74, 6) is 0.625. The van der Waals surface area contributed by atoms with Gasteiger partial charge in [0.2, 0.25) is 6.10 Å². The third-order valence-corrected chi connectivity index (χ3v) is 3.49. The molecular weight excluding hydrogens is 368 g/mol. The maximum absolute atomic E-state index is 10.6. The van der Waals surface area contributed by atoms with Gasteiger partial charge in [-0.1, -0.05) is 36.4 Å². The summed E-state index contributed by atoms with van der Waals surface area (Å²) < 4.78 is 1.47. The zero-order chi connectivity index (χ0) is 19.8. The van der Waals surface area contributed by atoms with Crippen molar-refractivity contribution in [3.63, 3.8) is 0 Å². The minimum absolute atomic E-state index is 0.0243. The maximum atomic E-state index is 10.6. The molecule has 0 aliphatic heterocycles. The molecule has 0 saturated carbocycles. The Balaban J connectivity index is 1.60. The largest absolute Gasteiger partial charge is 0.465 e. The zero-order valence-corrected chi connectivity index (χ0v) is 14.7. The molecule has 0 aliphatic carbocycles. The molecule has 0 fully saturated rings. The molecule has 0 aliphatic rings. The summed E-state index contributed by atoms with van der Waals surface area (Å²) in [7, 11) is 1.69. The topological polar surface area (TPSA) is 149 Å². The summed E-state index contributed by atoms with van der Waals surface area (Å²) in [6.45, 7) is -0.0243. The van der Waals surface area contributed by atoms with Gasteiger partial charge in [0.15, 0.2) is 12.4 Å². The molecule has 3 rings (SSSR count). The standard InChI is InChI=1S/C16H16N8O4/c1-24-15(19-20-21-24)14(11-6-3-2-4-7-11)28-23-22-27-10-12-8-5-9-13(17-12)18-16(25)26/h2-9,14H,10H2,1H3,(H,17,18)(H,25,26). The Bertz CT molecular complexity index is 947. The van der Waals surface area contributed by atoms with Crippen LogP contribution in [0, 0.1) is 0 Å². The summed E-state index contributed by atoms with van der Waals surface area (Å²) in [5, 5.41) is 29.3. The van der Waals surface area contributed by atoms with Crippen molar-refractivity contribution in [2.24, 2.45) is 17.6 Å². The molecule has 1 amide bonds. The second-order valence-electron chi connectivity index (χ2n) is 5.44. The fourth-order valence-corrected chi connectivity index (χ4v) is 2.27. The Morgan fingerprint density at radius 1 is 1.21 bits per heavy atom. The van der Waals surface area contributed by atoms with E-state index in [0.29, 0.717) is 11.5 Å². The summed E-state index contributed by atoms with van der Waals surface area (Å²) >= 11 is 0. The van der Waals surface area contributed by atoms with Crippen molar-refractivity contribution >= 4 is 11.9 Å². The Labute approximate surface area is 158 Å². The maximum Gasteiger partial charge on any atom is 0.410 e. The number of amides is 1. The van der Waals surface area contributed by atoms with Gasteiger partial charge in [-0.25, -0.2) is 14.5 Å². The number of aryl methyl sites for hydroxylation is 1. The van der Waals surface area contributed by atoms with Crippen LogP contribution in [0.25, 0.3) is 0 Å². The van der Waals surface area contributed by atoms with Crippen molar-refractivity contribution in [2.75, 3.05) is 5.32 Å². The average molecular weight is 384 g/mol. The quantitative estimate of drug-likeness (QED) is 0.444. The fourth-order valence-electron chi connectivity index (χ4n) is 2.27. The number of carboxylic acid groups (broad SMARTS) is 1. The number of tetrazole rings is 1. The fraction of sp³-hybridized carbons (Fsp3) is 0.188. The number of nitrogens with one attached hydrogen (secondary N) is 1. The summed E-state index contributed by atoms with van der Waals surface area (Å²) in [6.07, 6.45) is -1.88. The van der Waals surface area contributed by atoms with Gasteiger partial charge in [0.05, 0.1) is 16.2 Å². The van der Waals surface area contributed by atoms with Crippen molar-refractivity contribution < 1.29 is 19.6 Å². The van der Waals surface area contributed by atoms with Crippen LogP contribution in [0.3, 0.4) is 0 Å². The second-order valence-corrected chi connectivity index (χ2v) is 5.44. The van der Waals surface area contributed by atoms with Gasteiger partial charge in [-0.15, -0.1) is 5.10 Å². The van der Waals surface area contributed by atoms with E-state index < -0.39 is 12.2 Å². The average Bonchev–Trinajstić information content (AvgIpc) is 3.11. The van der Waals surface area contributed by atoms with Crippen molar-refractivity contribution in [2.45, 2.75) is 12.7 Å². The molecule has 1 aromatic carbocycles. The first-order chi connectivity index (χ1) is 13.6. The second kappa shape index (κ2) is 9.02. The molecular formula is C16H16N8O4. The highest BCUT2D eigenvalue weighted by Gasteiger charge is 2.22. The summed E-state index contributed by atoms with van der Waals surface area (Å²) in [4.78, 5) is 25.2. The minimum atomic E-state index is -1.20. The van der Waals surface area contributed by atoms with Crippen LogP contribution in [0.15, 0.2) is 59.1 Å². The molecule has 144 valence electrons. The van der Waals surface area contributed by atoms with Gasteiger partial charge in [0, 0.05) is 12.6 Å². The first kappa shape index (κ1) is 18.7. The van der Waals surface area contributed by atoms with E-state index in [2.05, 4.69) is 36.4 Å². The molecule has 0 saturated heterocycles. The van der Waals surface area contributed by atoms with Gasteiger partial charge in [0.1, 0.15) is 5.82 Å². The van der Waals surface area contributed by atoms with Crippen LogP contribution in [0.2, 0.25) is 0 Å². The van der Waals surface area contributed by atoms with E-state index >= 15 is 0 Å². The van der Waals surface area contributed by atoms with Crippen LogP contribution in [0.4, 0.5) is 10.6 Å². The molecule has 2 aromatic heterocycles. The first-order valence-corrected chi connectivity index (χ1v) is 8.04. The molecule has 12 nitrogen and oxygen atoms in total. The van der Waals surface area contributed by atoms with Gasteiger partial charge >= 0.3 is 6.09 Å². The smallest absolute Gasteiger partial charge is 0.410 e. The van der Waals surface area contributed by atoms with Crippen molar-refractivity contribution in [3.05, 3.63) is 65.6 Å². The molecule has 1 atom stereocenters. The minimum Gasteiger partial charge on any atom is -0.465 e. The van der Waals surface area contributed by atoms with Gasteiger partial charge in [-0.3, -0.25) is 5.32 Å². The van der Waals surface area contributed by atoms with E-state index in [0.717, 1.165) is 5.56 Å². The number of pyridine rings is 1. The number of hydrogen-bond acceptors (Lipinski definition) is 9. The molecule has 3 aromatic rings. The molecule has 12 heteroatoms. The predicted molar refractivity (Wildman–Crippen MR) is 93.7 cm³/mol. The summed E-state index contributed by atoms with van der Waals surface area (Å²) in [6, 6.07) is 14.1. The van der Waals surface area contributed by atoms with Crippen LogP contribution in [-0.2, 0) is 23.3 Å². The van der Waals surface area contributed by atoms with E-state index in [-0.39, 0.29) is 12.4 Å². The van der Waals surface area contributed by atoms with Crippen LogP contribution in [0.1, 0.15) is 23.2 Å². The lowest BCUT2D eigenvalue weighted by molar-refractivity contribution is 0.00288. The highest BCUT2D eigenvalue weighted by atomic mass is 16.7. The molecule has 1 unspecified atom stereocenters. The monoisotopic (exact) mass is 384 g/mol. The SMILES string of the molecule is Cn1nnnc1C(ON=NOCc1cccc(NC(=O)O)n1)c1ccccc1. The first-order valence-electron chi connectivity index (χ1n) is 8.04. The van der Waals surface area contributed by atoms with E-state index in [9.17, 15) is 4.79 Å². The Morgan fingerprint density at radius 2 is 2.04 bits per heavy atom. The number of rotatable bonds is 8. The number of hydrogen-bond donors (Lipinski definition) is 2. The Morgan fingerprint density at radius 3 is 2.75 bits per heavy atom. The highest BCUT2D eigenvalue weighted by molar-refractivity contribution is 5.81. The third-order valence-electron chi connectivity index (χ3n) is 3.49. The Hall–Kier alpha value is -4.09. The number of aromatic nitrogens is 5. The molecule has 0 spiro atoms. The van der Waals surface area contributed by atoms with Crippen LogP contribution >= 0.6 is 0 Å². The van der Waals surface area contributed by atoms with Crippen molar-refractivity contribution in [1.29, 1.82) is 0 Å². The van der Waals surface area contributed by atoms with Gasteiger partial charge in [-0.05, 0) is 22.6 Å². The van der Waals surface area contributed by atoms with Crippen molar-refractivity contribution in [1.82, 2.24) is 25.2 Å². The summed E-state index contributed by atoms with van der Waals surface area (Å²) in [5.41, 5.74) is 1.25. The molecule has 0 radical (unpaired) electrons. The molecule has 2 N–H and O–H groups in total. The van der Waals surface area contributed by atoms with E-state index in [1.54, 1.807) is 19.2 Å². The van der Waals surface area contributed by atoms with Gasteiger partial charge in [-0.2, -0.15) is 0 Å². The highest BCUT2D eigenvalue weighted by Crippen LogP contribution is 2.23. The predicted octanol–water partition coefficient (Wildman–Crippen LogP) is 2.30. The van der Waals surface area contributed by atoms with Crippen molar-refractivity contribution in [3.8, 4) is 0 Å². The molecule has 2 heterocycles. The van der Waals surface area contributed by atoms with Crippen LogP contribution in [-0.4, -0.2) is 36.4 Å². The Kier molecular flexibility index (Phi) is 6.02. The van der Waals surface area contributed by atoms with E-state index in [1.165, 1.54) is 10.7 Å². The number of nitrogens with zero attached hydrogens (tertiary/aromatic N) is 7. The normalized spacial score (nSPS) is 11.9. The van der Waals surface area contributed by atoms with E-state index in [4.69, 9.17) is 14.8 Å². The number of carbonyl (C=O) groups is 1. The van der Waals surface area contributed by atoms with Crippen LogP contribution in [0.5, 0.6) is 0 Å². The zero-order valence-electron chi connectivity index (χ0n) is 14.7. The van der Waals surface area contributed by atoms with Crippen LogP contribution < -0.4 is 5.32 Å². The molecule has 0 bridgehead atoms. The molecule has 28 heavy (non-hydrogen) atoms. The van der Waals surface area contributed by atoms with Gasteiger partial charge in [0.25, 0.3) is 0 Å². The lowest BCUT2D eigenvalue weighted by atomic mass is 10.1. The lowest BCUT2D eigenvalue weighted by Gasteiger charge is -2.12. The lowest BCUT2D eigenvalue weighted by Crippen LogP contribution is -2.10. The van der Waals surface area contributed by atoms with E-state index in [1.807, 2.05) is 30.3 Å².